The quantitative estimate of drug-likeness (QED) is 0.475. The van der Waals surface area contributed by atoms with Crippen molar-refractivity contribution in [2.45, 2.75) is 38.0 Å². The zero-order valence-corrected chi connectivity index (χ0v) is 15.9. The summed E-state index contributed by atoms with van der Waals surface area (Å²) in [7, 11) is 0. The van der Waals surface area contributed by atoms with Gasteiger partial charge in [0, 0.05) is 29.6 Å². The molecular weight excluding hydrogens is 350 g/mol. The summed E-state index contributed by atoms with van der Waals surface area (Å²) in [4.78, 5) is 8.28. The first-order valence-electron chi connectivity index (χ1n) is 9.47. The molecule has 1 aliphatic carbocycles. The van der Waals surface area contributed by atoms with Gasteiger partial charge in [-0.3, -0.25) is 10.1 Å². The first-order valence-corrected chi connectivity index (χ1v) is 9.47. The van der Waals surface area contributed by atoms with Gasteiger partial charge in [0.2, 0.25) is 0 Å². The summed E-state index contributed by atoms with van der Waals surface area (Å²) >= 11 is 0. The second-order valence-corrected chi connectivity index (χ2v) is 6.72. The molecule has 1 heterocycles. The van der Waals surface area contributed by atoms with E-state index in [1.54, 1.807) is 12.3 Å². The minimum atomic E-state index is 0.390. The lowest BCUT2D eigenvalue weighted by Gasteiger charge is -2.06. The highest BCUT2D eigenvalue weighted by Crippen LogP contribution is 2.33. The van der Waals surface area contributed by atoms with Crippen LogP contribution in [0.3, 0.4) is 0 Å². The SMILES string of the molecule is C=N/C=C\C(=N/CNc1ccc(CC#N)cc1)Nc1cc(C2CCCC2)[nH]n1. The summed E-state index contributed by atoms with van der Waals surface area (Å²) in [5, 5.41) is 22.7. The molecule has 1 aromatic carbocycles. The van der Waals surface area contributed by atoms with E-state index in [0.29, 0.717) is 24.8 Å². The molecule has 3 N–H and O–H groups in total. The number of amidine groups is 1. The lowest BCUT2D eigenvalue weighted by Crippen LogP contribution is -2.12. The van der Waals surface area contributed by atoms with Crippen molar-refractivity contribution in [2.24, 2.45) is 9.98 Å². The summed E-state index contributed by atoms with van der Waals surface area (Å²) < 4.78 is 0. The topological polar surface area (TPSA) is 101 Å². The van der Waals surface area contributed by atoms with Gasteiger partial charge in [0.15, 0.2) is 5.82 Å². The van der Waals surface area contributed by atoms with E-state index in [1.165, 1.54) is 31.4 Å². The van der Waals surface area contributed by atoms with Crippen LogP contribution in [0.5, 0.6) is 0 Å². The summed E-state index contributed by atoms with van der Waals surface area (Å²) in [5.41, 5.74) is 3.12. The summed E-state index contributed by atoms with van der Waals surface area (Å²) in [6.07, 6.45) is 8.78. The molecule has 1 saturated carbocycles. The largest absolute Gasteiger partial charge is 0.366 e. The third kappa shape index (κ3) is 5.55. The van der Waals surface area contributed by atoms with Crippen LogP contribution >= 0.6 is 0 Å². The number of nitrogens with one attached hydrogen (secondary N) is 3. The number of aromatic nitrogens is 2. The van der Waals surface area contributed by atoms with Crippen LogP contribution in [0, 0.1) is 11.3 Å². The maximum absolute atomic E-state index is 8.73. The Hall–Kier alpha value is -3.40. The van der Waals surface area contributed by atoms with Crippen molar-refractivity contribution in [3.8, 4) is 6.07 Å². The number of anilines is 2. The van der Waals surface area contributed by atoms with Gasteiger partial charge < -0.3 is 10.6 Å². The molecular formula is C21H25N7. The minimum absolute atomic E-state index is 0.390. The van der Waals surface area contributed by atoms with Gasteiger partial charge in [-0.2, -0.15) is 10.4 Å². The van der Waals surface area contributed by atoms with Crippen LogP contribution in [0.15, 0.2) is 52.6 Å². The van der Waals surface area contributed by atoms with Crippen LogP contribution in [0.1, 0.15) is 42.9 Å². The molecule has 1 aromatic heterocycles. The average Bonchev–Trinajstić information content (AvgIpc) is 3.39. The van der Waals surface area contributed by atoms with E-state index < -0.39 is 0 Å². The molecule has 0 atom stereocenters. The van der Waals surface area contributed by atoms with E-state index in [9.17, 15) is 0 Å². The highest BCUT2D eigenvalue weighted by Gasteiger charge is 2.19. The highest BCUT2D eigenvalue weighted by molar-refractivity contribution is 6.03. The van der Waals surface area contributed by atoms with Crippen LogP contribution in [-0.4, -0.2) is 29.4 Å². The Labute approximate surface area is 165 Å². The normalized spacial score (nSPS) is 14.9. The van der Waals surface area contributed by atoms with Crippen molar-refractivity contribution in [3.05, 3.63) is 53.9 Å². The predicted molar refractivity (Wildman–Crippen MR) is 114 cm³/mol. The molecule has 0 unspecified atom stereocenters. The van der Waals surface area contributed by atoms with Gasteiger partial charge in [-0.1, -0.05) is 25.0 Å². The number of nitrogens with zero attached hydrogens (tertiary/aromatic N) is 4. The number of nitriles is 1. The molecule has 7 heteroatoms. The van der Waals surface area contributed by atoms with Gasteiger partial charge in [0.1, 0.15) is 12.5 Å². The zero-order chi connectivity index (χ0) is 19.6. The van der Waals surface area contributed by atoms with E-state index in [1.807, 2.05) is 24.3 Å². The van der Waals surface area contributed by atoms with Crippen LogP contribution in [0.4, 0.5) is 11.5 Å². The van der Waals surface area contributed by atoms with Crippen LogP contribution in [0.2, 0.25) is 0 Å². The smallest absolute Gasteiger partial charge is 0.153 e. The summed E-state index contributed by atoms with van der Waals surface area (Å²) in [5.74, 6) is 1.97. The number of hydrogen-bond donors (Lipinski definition) is 3. The summed E-state index contributed by atoms with van der Waals surface area (Å²) in [6, 6.07) is 12.0. The van der Waals surface area contributed by atoms with E-state index in [-0.39, 0.29) is 0 Å². The van der Waals surface area contributed by atoms with Gasteiger partial charge >= 0.3 is 0 Å². The maximum atomic E-state index is 8.73. The lowest BCUT2D eigenvalue weighted by molar-refractivity contribution is 0.693. The van der Waals surface area contributed by atoms with Crippen molar-refractivity contribution in [3.63, 3.8) is 0 Å². The fourth-order valence-electron chi connectivity index (χ4n) is 3.28. The fraction of sp³-hybridized carbons (Fsp3) is 0.333. The van der Waals surface area contributed by atoms with Crippen molar-refractivity contribution < 1.29 is 0 Å². The Morgan fingerprint density at radius 2 is 2.11 bits per heavy atom. The van der Waals surface area contributed by atoms with Gasteiger partial charge in [0.25, 0.3) is 0 Å². The Balaban J connectivity index is 1.60. The van der Waals surface area contributed by atoms with Gasteiger partial charge in [-0.05, 0) is 43.3 Å². The molecule has 1 fully saturated rings. The third-order valence-electron chi connectivity index (χ3n) is 4.76. The van der Waals surface area contributed by atoms with Crippen LogP contribution in [0.25, 0.3) is 0 Å². The highest BCUT2D eigenvalue weighted by atomic mass is 15.2. The number of hydrogen-bond acceptors (Lipinski definition) is 5. The van der Waals surface area contributed by atoms with Crippen LogP contribution < -0.4 is 10.6 Å². The van der Waals surface area contributed by atoms with Crippen LogP contribution in [-0.2, 0) is 6.42 Å². The number of aliphatic imine (C=N–C) groups is 2. The zero-order valence-electron chi connectivity index (χ0n) is 15.9. The number of aromatic amines is 1. The Morgan fingerprint density at radius 1 is 1.32 bits per heavy atom. The average molecular weight is 375 g/mol. The van der Waals surface area contributed by atoms with E-state index in [2.05, 4.69) is 49.7 Å². The summed E-state index contributed by atoms with van der Waals surface area (Å²) in [6.45, 7) is 3.86. The molecule has 0 radical (unpaired) electrons. The Morgan fingerprint density at radius 3 is 2.82 bits per heavy atom. The number of benzene rings is 1. The first-order chi connectivity index (χ1) is 13.8. The number of rotatable bonds is 8. The van der Waals surface area contributed by atoms with Crippen molar-refractivity contribution in [1.82, 2.24) is 10.2 Å². The fourth-order valence-corrected chi connectivity index (χ4v) is 3.28. The molecule has 0 amide bonds. The molecule has 0 saturated heterocycles. The predicted octanol–water partition coefficient (Wildman–Crippen LogP) is 4.23. The third-order valence-corrected chi connectivity index (χ3v) is 4.76. The molecule has 3 rings (SSSR count). The van der Waals surface area contributed by atoms with E-state index >= 15 is 0 Å². The molecule has 144 valence electrons. The molecule has 0 bridgehead atoms. The van der Waals surface area contributed by atoms with Crippen molar-refractivity contribution in [1.29, 1.82) is 5.26 Å². The van der Waals surface area contributed by atoms with Crippen molar-refractivity contribution in [2.75, 3.05) is 17.3 Å². The molecule has 0 aliphatic heterocycles. The Kier molecular flexibility index (Phi) is 6.96. The second kappa shape index (κ2) is 10.1. The van der Waals surface area contributed by atoms with E-state index in [0.717, 1.165) is 17.1 Å². The second-order valence-electron chi connectivity index (χ2n) is 6.72. The standard InChI is InChI=1S/C21H25N7/c1-23-13-11-20(25-15-24-18-8-6-16(7-9-18)10-12-22)26-21-14-19(27-28-21)17-4-2-3-5-17/h6-9,11,13-14,17,24H,1-5,10,15H2,(H2,25,26,27,28)/b13-11-. The van der Waals surface area contributed by atoms with Gasteiger partial charge in [0.05, 0.1) is 12.5 Å². The Bertz CT molecular complexity index is 865. The number of H-pyrrole nitrogens is 1. The monoisotopic (exact) mass is 375 g/mol. The molecule has 0 spiro atoms. The maximum Gasteiger partial charge on any atom is 0.153 e. The molecule has 2 aromatic rings. The van der Waals surface area contributed by atoms with E-state index in [4.69, 9.17) is 5.26 Å². The molecule has 28 heavy (non-hydrogen) atoms. The molecule has 7 nitrogen and oxygen atoms in total. The minimum Gasteiger partial charge on any atom is -0.366 e. The lowest BCUT2D eigenvalue weighted by atomic mass is 10.0. The first kappa shape index (κ1) is 19.4. The van der Waals surface area contributed by atoms with Gasteiger partial charge in [-0.25, -0.2) is 4.99 Å². The molecule has 1 aliphatic rings. The van der Waals surface area contributed by atoms with Crippen molar-refractivity contribution >= 4 is 24.1 Å². The van der Waals surface area contributed by atoms with Gasteiger partial charge in [-0.15, -0.1) is 0 Å².